The van der Waals surface area contributed by atoms with Crippen molar-refractivity contribution in [1.82, 2.24) is 9.88 Å². The maximum Gasteiger partial charge on any atom is 0.327 e. The third-order valence-corrected chi connectivity index (χ3v) is 7.88. The Morgan fingerprint density at radius 1 is 0.974 bits per heavy atom. The van der Waals surface area contributed by atoms with E-state index in [-0.39, 0.29) is 26.5 Å². The molecule has 0 bridgehead atoms. The number of esters is 1. The first kappa shape index (κ1) is 28.5. The van der Waals surface area contributed by atoms with E-state index in [4.69, 9.17) is 27.9 Å². The van der Waals surface area contributed by atoms with E-state index in [0.717, 1.165) is 15.5 Å². The van der Waals surface area contributed by atoms with Gasteiger partial charge in [-0.15, -0.1) is 0 Å². The molecule has 4 aromatic rings. The van der Waals surface area contributed by atoms with Gasteiger partial charge in [-0.2, -0.15) is 0 Å². The zero-order chi connectivity index (χ0) is 28.5. The highest BCUT2D eigenvalue weighted by molar-refractivity contribution is 7.92. The summed E-state index contributed by atoms with van der Waals surface area (Å²) < 4.78 is 35.9. The van der Waals surface area contributed by atoms with Gasteiger partial charge in [-0.25, -0.2) is 8.42 Å². The number of fused-ring (bicyclic) bond motifs is 1. The van der Waals surface area contributed by atoms with E-state index >= 15 is 0 Å². The Bertz CT molecular complexity index is 1660. The van der Waals surface area contributed by atoms with Crippen LogP contribution in [0, 0.1) is 0 Å². The Morgan fingerprint density at radius 2 is 1.67 bits per heavy atom. The number of halogens is 2. The zero-order valence-corrected chi connectivity index (χ0v) is 24.1. The molecular formula is C28H27Cl2N3O5S. The van der Waals surface area contributed by atoms with Crippen LogP contribution in [-0.2, 0) is 19.6 Å². The van der Waals surface area contributed by atoms with Gasteiger partial charge in [-0.3, -0.25) is 13.9 Å². The lowest BCUT2D eigenvalue weighted by Crippen LogP contribution is -2.39. The number of benzene rings is 3. The quantitative estimate of drug-likeness (QED) is 0.274. The molecule has 1 aromatic heterocycles. The van der Waals surface area contributed by atoms with Crippen molar-refractivity contribution < 1.29 is 22.7 Å². The van der Waals surface area contributed by atoms with Crippen molar-refractivity contribution in [1.29, 1.82) is 0 Å². The number of rotatable bonds is 7. The molecule has 0 atom stereocenters. The van der Waals surface area contributed by atoms with Gasteiger partial charge in [0.2, 0.25) is 0 Å². The summed E-state index contributed by atoms with van der Waals surface area (Å²) in [6.45, 7) is 4.54. The van der Waals surface area contributed by atoms with Gasteiger partial charge in [-0.05, 0) is 81.4 Å². The van der Waals surface area contributed by atoms with Crippen LogP contribution in [0.1, 0.15) is 31.1 Å². The van der Waals surface area contributed by atoms with Gasteiger partial charge < -0.3 is 14.6 Å². The summed E-state index contributed by atoms with van der Waals surface area (Å²) in [7, 11) is -2.70. The van der Waals surface area contributed by atoms with E-state index in [1.54, 1.807) is 64.2 Å². The van der Waals surface area contributed by atoms with Crippen molar-refractivity contribution in [2.24, 2.45) is 0 Å². The second-order valence-electron chi connectivity index (χ2n) is 9.76. The minimum Gasteiger partial charge on any atom is -0.459 e. The lowest BCUT2D eigenvalue weighted by molar-refractivity contribution is -0.152. The number of carbonyl (C=O) groups is 2. The second kappa shape index (κ2) is 10.9. The molecule has 0 aliphatic heterocycles. The molecule has 1 amide bonds. The molecule has 11 heteroatoms. The molecule has 0 unspecified atom stereocenters. The normalized spacial score (nSPS) is 11.8. The summed E-state index contributed by atoms with van der Waals surface area (Å²) in [6.07, 6.45) is 1.82. The van der Waals surface area contributed by atoms with E-state index in [1.807, 2.05) is 22.9 Å². The fourth-order valence-corrected chi connectivity index (χ4v) is 6.19. The maximum absolute atomic E-state index is 13.8. The van der Waals surface area contributed by atoms with E-state index in [0.29, 0.717) is 10.9 Å². The summed E-state index contributed by atoms with van der Waals surface area (Å²) >= 11 is 12.2. The maximum atomic E-state index is 13.8. The Balaban J connectivity index is 1.80. The summed E-state index contributed by atoms with van der Waals surface area (Å²) in [4.78, 5) is 24.8. The molecule has 0 spiro atoms. The average Bonchev–Trinajstić information content (AvgIpc) is 3.28. The highest BCUT2D eigenvalue weighted by Gasteiger charge is 2.30. The molecule has 4 rings (SSSR count). The number of hydrogen-bond acceptors (Lipinski definition) is 5. The number of anilines is 1. The van der Waals surface area contributed by atoms with Crippen LogP contribution < -0.4 is 9.62 Å². The van der Waals surface area contributed by atoms with Gasteiger partial charge in [-0.1, -0.05) is 29.3 Å². The average molecular weight is 589 g/mol. The molecule has 39 heavy (non-hydrogen) atoms. The highest BCUT2D eigenvalue weighted by atomic mass is 35.5. The van der Waals surface area contributed by atoms with Crippen molar-refractivity contribution in [2.45, 2.75) is 31.3 Å². The third kappa shape index (κ3) is 6.38. The number of nitrogens with zero attached hydrogens (tertiary/aromatic N) is 2. The Labute approximate surface area is 237 Å². The summed E-state index contributed by atoms with van der Waals surface area (Å²) in [6, 6.07) is 17.9. The Hall–Kier alpha value is -3.53. The SMILES string of the molecule is CNC(=O)c1cccc(-n2ccc3cc(N(CC(=O)OC(C)(C)C)S(=O)(=O)c4cc(Cl)cc(Cl)c4)ccc32)c1. The van der Waals surface area contributed by atoms with Gasteiger partial charge in [0.1, 0.15) is 12.1 Å². The van der Waals surface area contributed by atoms with Crippen LogP contribution in [0.25, 0.3) is 16.6 Å². The predicted octanol–water partition coefficient (Wildman–Crippen LogP) is 5.83. The Morgan fingerprint density at radius 3 is 2.31 bits per heavy atom. The van der Waals surface area contributed by atoms with Crippen molar-refractivity contribution in [3.05, 3.63) is 88.5 Å². The lowest BCUT2D eigenvalue weighted by Gasteiger charge is -2.26. The second-order valence-corrected chi connectivity index (χ2v) is 12.5. The van der Waals surface area contributed by atoms with Crippen LogP contribution >= 0.6 is 23.2 Å². The molecule has 0 saturated heterocycles. The van der Waals surface area contributed by atoms with Crippen LogP contribution in [0.3, 0.4) is 0 Å². The number of ether oxygens (including phenoxy) is 1. The molecule has 0 aliphatic carbocycles. The molecule has 0 saturated carbocycles. The number of carbonyl (C=O) groups excluding carboxylic acids is 2. The first-order valence-electron chi connectivity index (χ1n) is 11.9. The summed E-state index contributed by atoms with van der Waals surface area (Å²) in [5, 5.41) is 3.61. The molecule has 0 aliphatic rings. The van der Waals surface area contributed by atoms with E-state index < -0.39 is 28.1 Å². The Kier molecular flexibility index (Phi) is 7.97. The fraction of sp³-hybridized carbons (Fsp3) is 0.214. The van der Waals surface area contributed by atoms with Crippen molar-refractivity contribution in [2.75, 3.05) is 17.9 Å². The topological polar surface area (TPSA) is 97.7 Å². The number of aromatic nitrogens is 1. The predicted molar refractivity (Wildman–Crippen MR) is 154 cm³/mol. The van der Waals surface area contributed by atoms with E-state index in [9.17, 15) is 18.0 Å². The zero-order valence-electron chi connectivity index (χ0n) is 21.7. The van der Waals surface area contributed by atoms with Crippen LogP contribution in [0.15, 0.2) is 77.8 Å². The minimum absolute atomic E-state index is 0.143. The number of amides is 1. The van der Waals surface area contributed by atoms with Crippen molar-refractivity contribution >= 4 is 61.7 Å². The number of nitrogens with one attached hydrogen (secondary N) is 1. The van der Waals surface area contributed by atoms with Gasteiger partial charge in [0.15, 0.2) is 0 Å². The fourth-order valence-electron chi connectivity index (χ4n) is 4.06. The molecule has 1 heterocycles. The standard InChI is InChI=1S/C28H27Cl2N3O5S/c1-28(2,3)38-26(34)17-33(39(36,37)24-15-20(29)14-21(30)16-24)23-8-9-25-18(12-23)10-11-32(25)22-7-5-6-19(13-22)27(35)31-4/h5-16H,17H2,1-4H3,(H,31,35). The van der Waals surface area contributed by atoms with Crippen molar-refractivity contribution in [3.8, 4) is 5.69 Å². The summed E-state index contributed by atoms with van der Waals surface area (Å²) in [5.41, 5.74) is 1.47. The van der Waals surface area contributed by atoms with Gasteiger partial charge in [0.05, 0.1) is 16.1 Å². The van der Waals surface area contributed by atoms with Crippen LogP contribution in [0.5, 0.6) is 0 Å². The third-order valence-electron chi connectivity index (χ3n) is 5.69. The van der Waals surface area contributed by atoms with Gasteiger partial charge in [0.25, 0.3) is 15.9 Å². The minimum atomic E-state index is -4.27. The van der Waals surface area contributed by atoms with Gasteiger partial charge >= 0.3 is 5.97 Å². The number of sulfonamides is 1. The largest absolute Gasteiger partial charge is 0.459 e. The van der Waals surface area contributed by atoms with E-state index in [1.165, 1.54) is 18.2 Å². The van der Waals surface area contributed by atoms with Gasteiger partial charge in [0, 0.05) is 39.9 Å². The van der Waals surface area contributed by atoms with E-state index in [2.05, 4.69) is 5.32 Å². The smallest absolute Gasteiger partial charge is 0.327 e. The molecule has 1 N–H and O–H groups in total. The van der Waals surface area contributed by atoms with Crippen LogP contribution in [-0.4, -0.2) is 44.1 Å². The molecular weight excluding hydrogens is 561 g/mol. The van der Waals surface area contributed by atoms with Crippen LogP contribution in [0.2, 0.25) is 10.0 Å². The molecule has 3 aromatic carbocycles. The lowest BCUT2D eigenvalue weighted by atomic mass is 10.2. The van der Waals surface area contributed by atoms with Crippen LogP contribution in [0.4, 0.5) is 5.69 Å². The summed E-state index contributed by atoms with van der Waals surface area (Å²) in [5.74, 6) is -0.928. The molecule has 0 radical (unpaired) electrons. The molecule has 204 valence electrons. The molecule has 8 nitrogen and oxygen atoms in total. The molecule has 0 fully saturated rings. The van der Waals surface area contributed by atoms with Crippen molar-refractivity contribution in [3.63, 3.8) is 0 Å². The first-order valence-corrected chi connectivity index (χ1v) is 14.1. The number of hydrogen-bond donors (Lipinski definition) is 1. The highest BCUT2D eigenvalue weighted by Crippen LogP contribution is 2.31. The first-order chi connectivity index (χ1) is 18.3. The monoisotopic (exact) mass is 587 g/mol.